The topological polar surface area (TPSA) is 32.8 Å². The fourth-order valence-electron chi connectivity index (χ4n) is 3.69. The Kier molecular flexibility index (Phi) is 6.29. The molecule has 7 heteroatoms. The highest BCUT2D eigenvalue weighted by Gasteiger charge is 2.32. The Morgan fingerprint density at radius 1 is 1.03 bits per heavy atom. The van der Waals surface area contributed by atoms with Crippen LogP contribution in [0.25, 0.3) is 0 Å². The van der Waals surface area contributed by atoms with Crippen molar-refractivity contribution in [2.75, 3.05) is 31.1 Å². The molecule has 30 heavy (non-hydrogen) atoms. The zero-order chi connectivity index (χ0) is 22.1. The predicted molar refractivity (Wildman–Crippen MR) is 111 cm³/mol. The number of hydrogen-bond acceptors (Lipinski definition) is 3. The van der Waals surface area contributed by atoms with Gasteiger partial charge in [0.2, 0.25) is 0 Å². The van der Waals surface area contributed by atoms with Crippen LogP contribution in [0, 0.1) is 20.8 Å². The average Bonchev–Trinajstić information content (AvgIpc) is 2.70. The molecule has 1 saturated heterocycles. The second kappa shape index (κ2) is 8.58. The van der Waals surface area contributed by atoms with Crippen molar-refractivity contribution in [2.24, 2.45) is 0 Å². The number of carbonyl (C=O) groups excluding carboxylic acids is 1. The zero-order valence-electron chi connectivity index (χ0n) is 17.7. The van der Waals surface area contributed by atoms with E-state index >= 15 is 0 Å². The van der Waals surface area contributed by atoms with Gasteiger partial charge in [0.25, 0.3) is 5.91 Å². The molecule has 0 saturated carbocycles. The van der Waals surface area contributed by atoms with E-state index in [0.717, 1.165) is 28.8 Å². The van der Waals surface area contributed by atoms with Crippen LogP contribution in [0.15, 0.2) is 36.4 Å². The molecule has 1 aliphatic rings. The van der Waals surface area contributed by atoms with Gasteiger partial charge < -0.3 is 14.5 Å². The van der Waals surface area contributed by atoms with Crippen LogP contribution in [-0.2, 0) is 11.0 Å². The first kappa shape index (κ1) is 22.0. The molecule has 4 nitrogen and oxygen atoms in total. The molecule has 2 aromatic rings. The molecule has 0 N–H and O–H groups in total. The van der Waals surface area contributed by atoms with Crippen LogP contribution in [-0.4, -0.2) is 43.1 Å². The first-order chi connectivity index (χ1) is 14.1. The molecule has 0 aliphatic carbocycles. The first-order valence-electron chi connectivity index (χ1n) is 10.0. The van der Waals surface area contributed by atoms with Gasteiger partial charge in [0.1, 0.15) is 5.75 Å². The highest BCUT2D eigenvalue weighted by atomic mass is 19.4. The summed E-state index contributed by atoms with van der Waals surface area (Å²) in [7, 11) is 0. The number of aryl methyl sites for hydroxylation is 2. The van der Waals surface area contributed by atoms with Crippen molar-refractivity contribution in [2.45, 2.75) is 40.0 Å². The summed E-state index contributed by atoms with van der Waals surface area (Å²) >= 11 is 0. The SMILES string of the molecule is Cc1cc(C)c(C)c(O[C@H](C)C(=O)N2CCN(c3cccc(C(F)(F)F)c3)CC2)c1. The summed E-state index contributed by atoms with van der Waals surface area (Å²) in [5, 5.41) is 0. The van der Waals surface area contributed by atoms with Crippen molar-refractivity contribution in [3.05, 3.63) is 58.7 Å². The van der Waals surface area contributed by atoms with E-state index in [1.165, 1.54) is 6.07 Å². The van der Waals surface area contributed by atoms with E-state index in [1.54, 1.807) is 17.9 Å². The van der Waals surface area contributed by atoms with Gasteiger partial charge >= 0.3 is 6.18 Å². The van der Waals surface area contributed by atoms with E-state index in [4.69, 9.17) is 4.74 Å². The van der Waals surface area contributed by atoms with Crippen molar-refractivity contribution in [1.82, 2.24) is 4.90 Å². The Morgan fingerprint density at radius 2 is 1.70 bits per heavy atom. The molecule has 1 fully saturated rings. The van der Waals surface area contributed by atoms with E-state index in [-0.39, 0.29) is 5.91 Å². The fourth-order valence-corrected chi connectivity index (χ4v) is 3.69. The van der Waals surface area contributed by atoms with Crippen molar-refractivity contribution in [1.29, 1.82) is 0 Å². The number of piperazine rings is 1. The minimum atomic E-state index is -4.37. The smallest absolute Gasteiger partial charge is 0.416 e. The average molecular weight is 420 g/mol. The van der Waals surface area contributed by atoms with E-state index in [2.05, 4.69) is 6.07 Å². The third kappa shape index (κ3) is 4.89. The molecule has 1 amide bonds. The first-order valence-corrected chi connectivity index (χ1v) is 10.0. The van der Waals surface area contributed by atoms with Crippen LogP contribution in [0.3, 0.4) is 0 Å². The number of nitrogens with zero attached hydrogens (tertiary/aromatic N) is 2. The molecule has 1 heterocycles. The van der Waals surface area contributed by atoms with Gasteiger partial charge in [0.15, 0.2) is 6.10 Å². The quantitative estimate of drug-likeness (QED) is 0.716. The summed E-state index contributed by atoms with van der Waals surface area (Å²) in [5.41, 5.74) is 3.05. The van der Waals surface area contributed by atoms with E-state index < -0.39 is 17.8 Å². The molecular weight excluding hydrogens is 393 g/mol. The fraction of sp³-hybridized carbons (Fsp3) is 0.435. The zero-order valence-corrected chi connectivity index (χ0v) is 17.7. The summed E-state index contributed by atoms with van der Waals surface area (Å²) in [6.07, 6.45) is -5.00. The Labute approximate surface area is 175 Å². The number of anilines is 1. The van der Waals surface area contributed by atoms with Gasteiger partial charge in [-0.2, -0.15) is 13.2 Å². The third-order valence-corrected chi connectivity index (χ3v) is 5.55. The van der Waals surface area contributed by atoms with Gasteiger partial charge in [-0.05, 0) is 68.7 Å². The number of benzene rings is 2. The summed E-state index contributed by atoms with van der Waals surface area (Å²) in [6.45, 7) is 9.52. The Bertz CT molecular complexity index is 919. The number of alkyl halides is 3. The van der Waals surface area contributed by atoms with Crippen molar-refractivity contribution < 1.29 is 22.7 Å². The maximum absolute atomic E-state index is 13.0. The van der Waals surface area contributed by atoms with Gasteiger partial charge in [-0.15, -0.1) is 0 Å². The van der Waals surface area contributed by atoms with Gasteiger partial charge in [0, 0.05) is 31.9 Å². The number of halogens is 3. The maximum Gasteiger partial charge on any atom is 0.416 e. The molecule has 0 aromatic heterocycles. The molecule has 0 bridgehead atoms. The Morgan fingerprint density at radius 3 is 2.33 bits per heavy atom. The number of ether oxygens (including phenoxy) is 1. The molecular formula is C23H27F3N2O2. The second-order valence-electron chi connectivity index (χ2n) is 7.83. The van der Waals surface area contributed by atoms with Crippen LogP contribution in [0.4, 0.5) is 18.9 Å². The summed E-state index contributed by atoms with van der Waals surface area (Å²) in [6, 6.07) is 9.31. The lowest BCUT2D eigenvalue weighted by Gasteiger charge is -2.37. The molecule has 2 aromatic carbocycles. The van der Waals surface area contributed by atoms with Gasteiger partial charge in [-0.1, -0.05) is 12.1 Å². The van der Waals surface area contributed by atoms with Crippen LogP contribution < -0.4 is 9.64 Å². The lowest BCUT2D eigenvalue weighted by Crippen LogP contribution is -2.52. The predicted octanol–water partition coefficient (Wildman–Crippen LogP) is 4.75. The van der Waals surface area contributed by atoms with E-state index in [0.29, 0.717) is 37.6 Å². The standard InChI is InChI=1S/C23H27F3N2O2/c1-15-12-16(2)17(3)21(13-15)30-18(4)22(29)28-10-8-27(9-11-28)20-7-5-6-19(14-20)23(24,25)26/h5-7,12-14,18H,8-11H2,1-4H3/t18-/m1/s1. The van der Waals surface area contributed by atoms with Gasteiger partial charge in [-0.25, -0.2) is 0 Å². The van der Waals surface area contributed by atoms with Crippen LogP contribution in [0.2, 0.25) is 0 Å². The largest absolute Gasteiger partial charge is 0.481 e. The van der Waals surface area contributed by atoms with Crippen LogP contribution >= 0.6 is 0 Å². The van der Waals surface area contributed by atoms with E-state index in [9.17, 15) is 18.0 Å². The Balaban J connectivity index is 1.62. The maximum atomic E-state index is 13.0. The minimum absolute atomic E-state index is 0.114. The molecule has 0 spiro atoms. The van der Waals surface area contributed by atoms with Crippen molar-refractivity contribution in [3.8, 4) is 5.75 Å². The van der Waals surface area contributed by atoms with Crippen LogP contribution in [0.1, 0.15) is 29.2 Å². The number of rotatable bonds is 4. The highest BCUT2D eigenvalue weighted by Crippen LogP contribution is 2.32. The number of hydrogen-bond donors (Lipinski definition) is 0. The normalized spacial score (nSPS) is 15.8. The second-order valence-corrected chi connectivity index (χ2v) is 7.83. The lowest BCUT2D eigenvalue weighted by molar-refractivity contribution is -0.138. The Hall–Kier alpha value is -2.70. The summed E-state index contributed by atoms with van der Waals surface area (Å²) in [4.78, 5) is 16.4. The summed E-state index contributed by atoms with van der Waals surface area (Å²) < 4.78 is 44.8. The molecule has 0 radical (unpaired) electrons. The van der Waals surface area contributed by atoms with Crippen molar-refractivity contribution >= 4 is 11.6 Å². The monoisotopic (exact) mass is 420 g/mol. The number of amides is 1. The van der Waals surface area contributed by atoms with Crippen molar-refractivity contribution in [3.63, 3.8) is 0 Å². The molecule has 3 rings (SSSR count). The summed E-state index contributed by atoms with van der Waals surface area (Å²) in [5.74, 6) is 0.591. The third-order valence-electron chi connectivity index (χ3n) is 5.55. The van der Waals surface area contributed by atoms with Crippen LogP contribution in [0.5, 0.6) is 5.75 Å². The molecule has 162 valence electrons. The minimum Gasteiger partial charge on any atom is -0.481 e. The van der Waals surface area contributed by atoms with Gasteiger partial charge in [0.05, 0.1) is 5.56 Å². The molecule has 1 aliphatic heterocycles. The molecule has 1 atom stereocenters. The van der Waals surface area contributed by atoms with Gasteiger partial charge in [-0.3, -0.25) is 4.79 Å². The highest BCUT2D eigenvalue weighted by molar-refractivity contribution is 5.81. The molecule has 0 unspecified atom stereocenters. The number of carbonyl (C=O) groups is 1. The lowest BCUT2D eigenvalue weighted by atomic mass is 10.1. The van der Waals surface area contributed by atoms with E-state index in [1.807, 2.05) is 31.7 Å².